The lowest BCUT2D eigenvalue weighted by Crippen LogP contribution is -2.11. The lowest BCUT2D eigenvalue weighted by molar-refractivity contribution is -0.133. The number of halogens is 2. The summed E-state index contributed by atoms with van der Waals surface area (Å²) in [7, 11) is 0. The number of rotatable bonds is 3. The number of hydrogen-bond donors (Lipinski definition) is 0. The third kappa shape index (κ3) is 3.52. The Balaban J connectivity index is 2.00. The van der Waals surface area contributed by atoms with Crippen LogP contribution < -0.4 is 4.74 Å². The highest BCUT2D eigenvalue weighted by Crippen LogP contribution is 2.26. The summed E-state index contributed by atoms with van der Waals surface area (Å²) in [5.74, 6) is 0.0766. The van der Waals surface area contributed by atoms with Crippen LogP contribution in [-0.2, 0) is 11.2 Å². The van der Waals surface area contributed by atoms with Crippen molar-refractivity contribution >= 4 is 44.8 Å². The maximum Gasteiger partial charge on any atom is 0.317 e. The van der Waals surface area contributed by atoms with Crippen LogP contribution in [0.15, 0.2) is 33.6 Å². The maximum atomic E-state index is 11.6. The van der Waals surface area contributed by atoms with Crippen molar-refractivity contribution in [2.24, 2.45) is 0 Å². The van der Waals surface area contributed by atoms with Crippen molar-refractivity contribution in [3.8, 4) is 5.75 Å². The molecule has 0 N–H and O–H groups in total. The topological polar surface area (TPSA) is 39.2 Å². The first kappa shape index (κ1) is 12.5. The highest BCUT2D eigenvalue weighted by atomic mass is 79.9. The molecule has 17 heavy (non-hydrogen) atoms. The summed E-state index contributed by atoms with van der Waals surface area (Å²) in [5, 5.41) is 2.32. The molecule has 2 aromatic rings. The van der Waals surface area contributed by atoms with E-state index in [1.54, 1.807) is 23.7 Å². The van der Waals surface area contributed by atoms with E-state index in [9.17, 15) is 4.79 Å². The Morgan fingerprint density at radius 1 is 1.53 bits per heavy atom. The fourth-order valence-corrected chi connectivity index (χ4v) is 2.16. The first-order chi connectivity index (χ1) is 8.15. The number of benzene rings is 1. The summed E-state index contributed by atoms with van der Waals surface area (Å²) in [6, 6.07) is 4.99. The van der Waals surface area contributed by atoms with Crippen LogP contribution in [-0.4, -0.2) is 11.0 Å². The summed E-state index contributed by atoms with van der Waals surface area (Å²) in [5.41, 5.74) is 2.39. The van der Waals surface area contributed by atoms with Crippen LogP contribution in [0.25, 0.3) is 0 Å². The van der Waals surface area contributed by atoms with Gasteiger partial charge in [-0.25, -0.2) is 4.98 Å². The van der Waals surface area contributed by atoms with Crippen molar-refractivity contribution in [2.75, 3.05) is 0 Å². The molecule has 0 aliphatic rings. The zero-order chi connectivity index (χ0) is 12.3. The molecule has 0 aliphatic carbocycles. The fourth-order valence-electron chi connectivity index (χ4n) is 1.18. The lowest BCUT2D eigenvalue weighted by Gasteiger charge is -2.04. The summed E-state index contributed by atoms with van der Waals surface area (Å²) in [4.78, 5) is 15.6. The first-order valence-corrected chi connectivity index (χ1v) is 6.79. The number of carbonyl (C=O) groups is 1. The molecule has 1 aromatic heterocycles. The molecule has 2 rings (SSSR count). The van der Waals surface area contributed by atoms with E-state index in [2.05, 4.69) is 20.9 Å². The monoisotopic (exact) mass is 331 g/mol. The Labute approximate surface area is 116 Å². The second-order valence-electron chi connectivity index (χ2n) is 3.21. The average Bonchev–Trinajstić information content (AvgIpc) is 2.76. The fraction of sp³-hybridized carbons (Fsp3) is 0.0909. The van der Waals surface area contributed by atoms with Crippen molar-refractivity contribution < 1.29 is 9.53 Å². The molecule has 0 bridgehead atoms. The van der Waals surface area contributed by atoms with Crippen LogP contribution in [0, 0.1) is 0 Å². The molecular formula is C11H7BrClNO2S. The third-order valence-corrected chi connectivity index (χ3v) is 3.80. The third-order valence-electron chi connectivity index (χ3n) is 1.93. The summed E-state index contributed by atoms with van der Waals surface area (Å²) in [6.45, 7) is 0. The van der Waals surface area contributed by atoms with Gasteiger partial charge in [-0.2, -0.15) is 0 Å². The van der Waals surface area contributed by atoms with Gasteiger partial charge in [0.05, 0.1) is 22.6 Å². The second kappa shape index (κ2) is 5.62. The number of ether oxygens (including phenoxy) is 1. The van der Waals surface area contributed by atoms with E-state index in [0.717, 1.165) is 4.47 Å². The van der Waals surface area contributed by atoms with E-state index in [-0.39, 0.29) is 12.4 Å². The Hall–Kier alpha value is -0.910. The summed E-state index contributed by atoms with van der Waals surface area (Å²) in [6.07, 6.45) is 0.164. The number of esters is 1. The van der Waals surface area contributed by atoms with Gasteiger partial charge in [-0.05, 0) is 28.1 Å². The van der Waals surface area contributed by atoms with E-state index in [0.29, 0.717) is 16.5 Å². The standard InChI is InChI=1S/C11H7BrClNO2S/c12-9-2-1-8(4-10(9)13)16-11(15)3-7-5-17-6-14-7/h1-2,4-6H,3H2. The van der Waals surface area contributed by atoms with Gasteiger partial charge in [-0.1, -0.05) is 11.6 Å². The second-order valence-corrected chi connectivity index (χ2v) is 5.19. The molecule has 88 valence electrons. The molecule has 1 heterocycles. The molecule has 0 spiro atoms. The lowest BCUT2D eigenvalue weighted by atomic mass is 10.3. The highest BCUT2D eigenvalue weighted by molar-refractivity contribution is 9.10. The molecule has 0 saturated heterocycles. The van der Waals surface area contributed by atoms with Gasteiger partial charge in [0.15, 0.2) is 0 Å². The van der Waals surface area contributed by atoms with Crippen LogP contribution in [0.4, 0.5) is 0 Å². The SMILES string of the molecule is O=C(Cc1cscn1)Oc1ccc(Br)c(Cl)c1. The van der Waals surface area contributed by atoms with Crippen molar-refractivity contribution in [2.45, 2.75) is 6.42 Å². The van der Waals surface area contributed by atoms with Gasteiger partial charge in [0.25, 0.3) is 0 Å². The Morgan fingerprint density at radius 3 is 3.00 bits per heavy atom. The molecular weight excluding hydrogens is 326 g/mol. The van der Waals surface area contributed by atoms with Gasteiger partial charge in [0, 0.05) is 15.9 Å². The molecule has 0 fully saturated rings. The van der Waals surface area contributed by atoms with Gasteiger partial charge < -0.3 is 4.74 Å². The van der Waals surface area contributed by atoms with Crippen LogP contribution in [0.2, 0.25) is 5.02 Å². The van der Waals surface area contributed by atoms with Crippen LogP contribution in [0.3, 0.4) is 0 Å². The Morgan fingerprint density at radius 2 is 2.35 bits per heavy atom. The van der Waals surface area contributed by atoms with Crippen molar-refractivity contribution in [3.63, 3.8) is 0 Å². The van der Waals surface area contributed by atoms with E-state index in [1.165, 1.54) is 11.3 Å². The molecule has 6 heteroatoms. The molecule has 1 aromatic carbocycles. The maximum absolute atomic E-state index is 11.6. The normalized spacial score (nSPS) is 10.2. The average molecular weight is 333 g/mol. The smallest absolute Gasteiger partial charge is 0.317 e. The van der Waals surface area contributed by atoms with E-state index in [1.807, 2.05) is 5.38 Å². The molecule has 0 aliphatic heterocycles. The van der Waals surface area contributed by atoms with Crippen molar-refractivity contribution in [1.82, 2.24) is 4.98 Å². The first-order valence-electron chi connectivity index (χ1n) is 4.68. The number of aromatic nitrogens is 1. The zero-order valence-electron chi connectivity index (χ0n) is 8.52. The quantitative estimate of drug-likeness (QED) is 0.635. The summed E-state index contributed by atoms with van der Waals surface area (Å²) >= 11 is 10.6. The molecule has 0 amide bonds. The van der Waals surface area contributed by atoms with E-state index >= 15 is 0 Å². The van der Waals surface area contributed by atoms with Crippen LogP contribution in [0.5, 0.6) is 5.75 Å². The Bertz CT molecular complexity index is 530. The molecule has 0 atom stereocenters. The van der Waals surface area contributed by atoms with Crippen molar-refractivity contribution in [1.29, 1.82) is 0 Å². The van der Waals surface area contributed by atoms with Gasteiger partial charge in [0.2, 0.25) is 0 Å². The Kier molecular flexibility index (Phi) is 4.15. The van der Waals surface area contributed by atoms with E-state index in [4.69, 9.17) is 16.3 Å². The number of nitrogens with zero attached hydrogens (tertiary/aromatic N) is 1. The van der Waals surface area contributed by atoms with Crippen LogP contribution >= 0.6 is 38.9 Å². The zero-order valence-corrected chi connectivity index (χ0v) is 11.7. The largest absolute Gasteiger partial charge is 0.426 e. The minimum absolute atomic E-state index is 0.164. The molecule has 0 saturated carbocycles. The molecule has 0 unspecified atom stereocenters. The van der Waals surface area contributed by atoms with Gasteiger partial charge in [-0.15, -0.1) is 11.3 Å². The highest BCUT2D eigenvalue weighted by Gasteiger charge is 2.09. The van der Waals surface area contributed by atoms with E-state index < -0.39 is 0 Å². The predicted molar refractivity (Wildman–Crippen MR) is 70.6 cm³/mol. The predicted octanol–water partition coefficient (Wildman–Crippen LogP) is 3.71. The molecule has 0 radical (unpaired) electrons. The van der Waals surface area contributed by atoms with Gasteiger partial charge >= 0.3 is 5.97 Å². The minimum atomic E-state index is -0.353. The number of carbonyl (C=O) groups excluding carboxylic acids is 1. The van der Waals surface area contributed by atoms with Crippen molar-refractivity contribution in [3.05, 3.63) is 44.3 Å². The van der Waals surface area contributed by atoms with Gasteiger partial charge in [0.1, 0.15) is 5.75 Å². The number of hydrogen-bond acceptors (Lipinski definition) is 4. The van der Waals surface area contributed by atoms with Crippen LogP contribution in [0.1, 0.15) is 5.69 Å². The molecule has 3 nitrogen and oxygen atoms in total. The summed E-state index contributed by atoms with van der Waals surface area (Å²) < 4.78 is 5.91. The minimum Gasteiger partial charge on any atom is -0.426 e. The van der Waals surface area contributed by atoms with Gasteiger partial charge in [-0.3, -0.25) is 4.79 Å². The number of thiazole rings is 1.